The van der Waals surface area contributed by atoms with E-state index in [0.717, 1.165) is 10.4 Å². The smallest absolute Gasteiger partial charge is 0.350 e. The quantitative estimate of drug-likeness (QED) is 0.734. The van der Waals surface area contributed by atoms with Crippen LogP contribution in [0.25, 0.3) is 10.4 Å². The lowest BCUT2D eigenvalue weighted by atomic mass is 10.2. The maximum Gasteiger partial charge on any atom is 0.350 e. The number of carbonyl (C=O) groups excluding carboxylic acids is 2. The van der Waals surface area contributed by atoms with Gasteiger partial charge in [-0.25, -0.2) is 4.79 Å². The van der Waals surface area contributed by atoms with E-state index in [9.17, 15) is 9.59 Å². The first-order valence-electron chi connectivity index (χ1n) is 7.18. The predicted molar refractivity (Wildman–Crippen MR) is 93.3 cm³/mol. The number of nitrogens with zero attached hydrogens (tertiary/aromatic N) is 1. The Morgan fingerprint density at radius 2 is 1.92 bits per heavy atom. The van der Waals surface area contributed by atoms with E-state index < -0.39 is 5.97 Å². The number of hydrogen-bond donors (Lipinski definition) is 1. The highest BCUT2D eigenvalue weighted by molar-refractivity contribution is 7.18. The topological polar surface area (TPSA) is 68.3 Å². The third-order valence-electron chi connectivity index (χ3n) is 3.33. The van der Waals surface area contributed by atoms with Gasteiger partial charge in [0.05, 0.1) is 18.4 Å². The second-order valence-corrected chi connectivity index (χ2v) is 5.96. The van der Waals surface area contributed by atoms with Gasteiger partial charge in [-0.3, -0.25) is 9.78 Å². The number of thiophene rings is 1. The summed E-state index contributed by atoms with van der Waals surface area (Å²) in [6, 6.07) is 14.8. The predicted octanol–water partition coefficient (Wildman–Crippen LogP) is 3.85. The molecular weight excluding hydrogens is 324 g/mol. The van der Waals surface area contributed by atoms with Crippen LogP contribution in [0.4, 0.5) is 5.69 Å². The number of rotatable bonds is 4. The van der Waals surface area contributed by atoms with Crippen LogP contribution in [0.2, 0.25) is 0 Å². The van der Waals surface area contributed by atoms with Crippen molar-refractivity contribution in [2.24, 2.45) is 0 Å². The summed E-state index contributed by atoms with van der Waals surface area (Å²) in [6.07, 6.45) is 3.06. The summed E-state index contributed by atoms with van der Waals surface area (Å²) in [5.41, 5.74) is 1.81. The van der Waals surface area contributed by atoms with Gasteiger partial charge in [0.15, 0.2) is 0 Å². The molecule has 3 rings (SSSR count). The Labute approximate surface area is 142 Å². The van der Waals surface area contributed by atoms with Crippen LogP contribution in [0.15, 0.2) is 60.9 Å². The summed E-state index contributed by atoms with van der Waals surface area (Å²) in [4.78, 5) is 29.5. The number of pyridine rings is 1. The SMILES string of the molecule is COC(=O)c1sc(-c2ccccc2)cc1NC(=O)c1cccnc1. The number of carbonyl (C=O) groups is 2. The van der Waals surface area contributed by atoms with Crippen molar-refractivity contribution >= 4 is 28.9 Å². The molecule has 3 aromatic rings. The summed E-state index contributed by atoms with van der Waals surface area (Å²) >= 11 is 1.28. The van der Waals surface area contributed by atoms with Crippen LogP contribution in [0.5, 0.6) is 0 Å². The van der Waals surface area contributed by atoms with Crippen molar-refractivity contribution in [1.29, 1.82) is 0 Å². The molecule has 0 aliphatic rings. The molecule has 0 spiro atoms. The third kappa shape index (κ3) is 3.33. The van der Waals surface area contributed by atoms with E-state index in [2.05, 4.69) is 10.3 Å². The Hall–Kier alpha value is -2.99. The summed E-state index contributed by atoms with van der Waals surface area (Å²) in [6.45, 7) is 0. The molecule has 2 heterocycles. The second-order valence-electron chi connectivity index (χ2n) is 4.91. The molecule has 0 unspecified atom stereocenters. The van der Waals surface area contributed by atoms with Gasteiger partial charge in [-0.05, 0) is 23.8 Å². The zero-order chi connectivity index (χ0) is 16.9. The average Bonchev–Trinajstić information content (AvgIpc) is 3.06. The van der Waals surface area contributed by atoms with Gasteiger partial charge in [-0.2, -0.15) is 0 Å². The minimum Gasteiger partial charge on any atom is -0.465 e. The molecule has 0 aliphatic heterocycles. The maximum atomic E-state index is 12.3. The number of anilines is 1. The van der Waals surface area contributed by atoms with Gasteiger partial charge in [0.1, 0.15) is 4.88 Å². The molecule has 0 fully saturated rings. The van der Waals surface area contributed by atoms with Crippen molar-refractivity contribution in [2.45, 2.75) is 0 Å². The Balaban J connectivity index is 1.95. The van der Waals surface area contributed by atoms with E-state index >= 15 is 0 Å². The van der Waals surface area contributed by atoms with Crippen molar-refractivity contribution in [3.05, 3.63) is 71.4 Å². The van der Waals surface area contributed by atoms with Gasteiger partial charge in [0, 0.05) is 17.3 Å². The van der Waals surface area contributed by atoms with Crippen LogP contribution < -0.4 is 5.32 Å². The average molecular weight is 338 g/mol. The van der Waals surface area contributed by atoms with Gasteiger partial charge < -0.3 is 10.1 Å². The van der Waals surface area contributed by atoms with Gasteiger partial charge in [0.25, 0.3) is 5.91 Å². The molecule has 0 bridgehead atoms. The molecular formula is C18H14N2O3S. The number of hydrogen-bond acceptors (Lipinski definition) is 5. The molecule has 1 N–H and O–H groups in total. The molecule has 0 saturated carbocycles. The van der Waals surface area contributed by atoms with Crippen molar-refractivity contribution in [3.63, 3.8) is 0 Å². The zero-order valence-corrected chi connectivity index (χ0v) is 13.7. The second kappa shape index (κ2) is 7.06. The first-order chi connectivity index (χ1) is 11.7. The van der Waals surface area contributed by atoms with E-state index in [0.29, 0.717) is 16.1 Å². The summed E-state index contributed by atoms with van der Waals surface area (Å²) in [7, 11) is 1.32. The minimum absolute atomic E-state index is 0.328. The summed E-state index contributed by atoms with van der Waals surface area (Å²) in [5.74, 6) is -0.811. The Morgan fingerprint density at radius 3 is 2.58 bits per heavy atom. The lowest BCUT2D eigenvalue weighted by Crippen LogP contribution is -2.14. The highest BCUT2D eigenvalue weighted by Gasteiger charge is 2.20. The fraction of sp³-hybridized carbons (Fsp3) is 0.0556. The molecule has 1 amide bonds. The first kappa shape index (κ1) is 15.9. The highest BCUT2D eigenvalue weighted by atomic mass is 32.1. The van der Waals surface area contributed by atoms with Gasteiger partial charge in [0.2, 0.25) is 0 Å². The van der Waals surface area contributed by atoms with Crippen molar-refractivity contribution in [3.8, 4) is 10.4 Å². The van der Waals surface area contributed by atoms with Gasteiger partial charge >= 0.3 is 5.97 Å². The van der Waals surface area contributed by atoms with E-state index in [1.54, 1.807) is 24.4 Å². The van der Waals surface area contributed by atoms with Crippen LogP contribution in [-0.2, 0) is 4.74 Å². The molecule has 0 atom stereocenters. The maximum absolute atomic E-state index is 12.3. The lowest BCUT2D eigenvalue weighted by Gasteiger charge is -2.04. The standard InChI is InChI=1S/C18H14N2O3S/c1-23-18(22)16-14(20-17(21)13-8-5-9-19-11-13)10-15(24-16)12-6-3-2-4-7-12/h2-11H,1H3,(H,20,21). The number of aromatic nitrogens is 1. The highest BCUT2D eigenvalue weighted by Crippen LogP contribution is 2.35. The molecule has 120 valence electrons. The van der Waals surface area contributed by atoms with Crippen LogP contribution in [-0.4, -0.2) is 24.0 Å². The van der Waals surface area contributed by atoms with Crippen LogP contribution in [0.3, 0.4) is 0 Å². The number of esters is 1. The molecule has 6 heteroatoms. The minimum atomic E-state index is -0.483. The Bertz CT molecular complexity index is 860. The van der Waals surface area contributed by atoms with E-state index in [-0.39, 0.29) is 5.91 Å². The van der Waals surface area contributed by atoms with Crippen molar-refractivity contribution < 1.29 is 14.3 Å². The molecule has 1 aromatic carbocycles. The number of nitrogens with one attached hydrogen (secondary N) is 1. The third-order valence-corrected chi connectivity index (χ3v) is 4.50. The molecule has 0 saturated heterocycles. The molecule has 0 radical (unpaired) electrons. The van der Waals surface area contributed by atoms with Crippen molar-refractivity contribution in [1.82, 2.24) is 4.98 Å². The summed E-state index contributed by atoms with van der Waals surface area (Å²) in [5, 5.41) is 2.76. The molecule has 5 nitrogen and oxygen atoms in total. The fourth-order valence-electron chi connectivity index (χ4n) is 2.16. The first-order valence-corrected chi connectivity index (χ1v) is 7.99. The van der Waals surface area contributed by atoms with Gasteiger partial charge in [-0.1, -0.05) is 30.3 Å². The van der Waals surface area contributed by atoms with E-state index in [1.165, 1.54) is 24.6 Å². The zero-order valence-electron chi connectivity index (χ0n) is 12.9. The Kier molecular flexibility index (Phi) is 4.67. The normalized spacial score (nSPS) is 10.2. The monoisotopic (exact) mass is 338 g/mol. The van der Waals surface area contributed by atoms with E-state index in [1.807, 2.05) is 30.3 Å². The molecule has 2 aromatic heterocycles. The number of methoxy groups -OCH3 is 1. The molecule has 0 aliphatic carbocycles. The van der Waals surface area contributed by atoms with Gasteiger partial charge in [-0.15, -0.1) is 11.3 Å². The largest absolute Gasteiger partial charge is 0.465 e. The van der Waals surface area contributed by atoms with Crippen molar-refractivity contribution in [2.75, 3.05) is 12.4 Å². The number of benzene rings is 1. The summed E-state index contributed by atoms with van der Waals surface area (Å²) < 4.78 is 4.82. The lowest BCUT2D eigenvalue weighted by molar-refractivity contribution is 0.0607. The van der Waals surface area contributed by atoms with E-state index in [4.69, 9.17) is 4.74 Å². The molecule has 24 heavy (non-hydrogen) atoms. The van der Waals surface area contributed by atoms with Crippen LogP contribution in [0, 0.1) is 0 Å². The van der Waals surface area contributed by atoms with Crippen LogP contribution >= 0.6 is 11.3 Å². The number of amides is 1. The van der Waals surface area contributed by atoms with Crippen LogP contribution in [0.1, 0.15) is 20.0 Å². The Morgan fingerprint density at radius 1 is 1.12 bits per heavy atom. The number of ether oxygens (including phenoxy) is 1. The fourth-order valence-corrected chi connectivity index (χ4v) is 3.20.